The van der Waals surface area contributed by atoms with E-state index in [0.29, 0.717) is 0 Å². The molecule has 2 heteroatoms. The van der Waals surface area contributed by atoms with Crippen LogP contribution in [0.2, 0.25) is 0 Å². The Hall–Kier alpha value is -1.18. The van der Waals surface area contributed by atoms with Gasteiger partial charge in [0.1, 0.15) is 0 Å². The predicted molar refractivity (Wildman–Crippen MR) is 42.7 cm³/mol. The van der Waals surface area contributed by atoms with Gasteiger partial charge in [-0.05, 0) is 38.0 Å². The lowest BCUT2D eigenvalue weighted by molar-refractivity contribution is 0.0582. The first kappa shape index (κ1) is 6.53. The summed E-state index contributed by atoms with van der Waals surface area (Å²) in [6.45, 7) is 6.21. The third-order valence-corrected chi connectivity index (χ3v) is 2.28. The van der Waals surface area contributed by atoms with Gasteiger partial charge in [0, 0.05) is 5.56 Å². The highest BCUT2D eigenvalue weighted by molar-refractivity contribution is 5.77. The normalized spacial score (nSPS) is 11.2. The zero-order valence-electron chi connectivity index (χ0n) is 6.89. The first-order chi connectivity index (χ1) is 5.20. The summed E-state index contributed by atoms with van der Waals surface area (Å²) in [5.41, 5.74) is 5.49. The molecule has 0 amide bonds. The molecule has 0 aliphatic rings. The lowest BCUT2D eigenvalue weighted by atomic mass is 10.0. The SMILES string of the molecule is Cc1cc2ooc2c(C)c1C. The predicted octanol–water partition coefficient (Wildman–Crippen LogP) is 2.95. The van der Waals surface area contributed by atoms with Gasteiger partial charge in [-0.15, -0.1) is 0 Å². The summed E-state index contributed by atoms with van der Waals surface area (Å²) in [7, 11) is 0. The van der Waals surface area contributed by atoms with Crippen molar-refractivity contribution in [2.75, 3.05) is 0 Å². The van der Waals surface area contributed by atoms with Crippen LogP contribution in [0.1, 0.15) is 16.7 Å². The van der Waals surface area contributed by atoms with Crippen LogP contribution in [-0.4, -0.2) is 0 Å². The summed E-state index contributed by atoms with van der Waals surface area (Å²) >= 11 is 0. The van der Waals surface area contributed by atoms with Crippen LogP contribution < -0.4 is 0 Å². The molecule has 0 saturated carbocycles. The van der Waals surface area contributed by atoms with Crippen LogP contribution >= 0.6 is 0 Å². The van der Waals surface area contributed by atoms with Crippen molar-refractivity contribution in [3.05, 3.63) is 22.8 Å². The van der Waals surface area contributed by atoms with Crippen LogP contribution in [-0.2, 0) is 0 Å². The summed E-state index contributed by atoms with van der Waals surface area (Å²) in [4.78, 5) is 0. The second-order valence-corrected chi connectivity index (χ2v) is 2.94. The summed E-state index contributed by atoms with van der Waals surface area (Å²) in [5.74, 6) is 0. The molecule has 11 heavy (non-hydrogen) atoms. The van der Waals surface area contributed by atoms with E-state index in [0.717, 1.165) is 11.2 Å². The molecule has 0 spiro atoms. The van der Waals surface area contributed by atoms with Gasteiger partial charge in [-0.3, -0.25) is 9.15 Å². The smallest absolute Gasteiger partial charge is 0.228 e. The van der Waals surface area contributed by atoms with Crippen LogP contribution in [0.3, 0.4) is 0 Å². The molecule has 0 fully saturated rings. The molecule has 0 saturated heterocycles. The maximum absolute atomic E-state index is 4.84. The minimum absolute atomic E-state index is 0.866. The first-order valence-electron chi connectivity index (χ1n) is 3.65. The Morgan fingerprint density at radius 3 is 2.27 bits per heavy atom. The number of hydrogen-bond acceptors (Lipinski definition) is 2. The molecule has 0 bridgehead atoms. The summed E-state index contributed by atoms with van der Waals surface area (Å²) in [6, 6.07) is 2.00. The van der Waals surface area contributed by atoms with Crippen molar-refractivity contribution in [2.24, 2.45) is 0 Å². The minimum Gasteiger partial charge on any atom is -0.286 e. The summed E-state index contributed by atoms with van der Waals surface area (Å²) < 4.78 is 9.64. The quantitative estimate of drug-likeness (QED) is 0.539. The van der Waals surface area contributed by atoms with Crippen LogP contribution in [0, 0.1) is 20.8 Å². The van der Waals surface area contributed by atoms with Crippen molar-refractivity contribution < 1.29 is 9.15 Å². The Balaban J connectivity index is 2.86. The highest BCUT2D eigenvalue weighted by Gasteiger charge is 2.11. The number of hydrogen-bond donors (Lipinski definition) is 0. The van der Waals surface area contributed by atoms with Gasteiger partial charge >= 0.3 is 0 Å². The standard InChI is InChI=1S/C9H10O2/c1-5-4-8-9(11-10-8)7(3)6(5)2/h4H,1-3H3. The van der Waals surface area contributed by atoms with Crippen molar-refractivity contribution >= 4 is 11.2 Å². The number of aryl methyl sites for hydroxylation is 2. The third kappa shape index (κ3) is 0.723. The summed E-state index contributed by atoms with van der Waals surface area (Å²) in [5, 5.41) is 0. The topological polar surface area (TPSA) is 26.3 Å². The Bertz CT molecular complexity index is 393. The fourth-order valence-electron chi connectivity index (χ4n) is 1.24. The van der Waals surface area contributed by atoms with E-state index in [-0.39, 0.29) is 0 Å². The highest BCUT2D eigenvalue weighted by atomic mass is 17.0. The van der Waals surface area contributed by atoms with Gasteiger partial charge in [-0.2, -0.15) is 0 Å². The van der Waals surface area contributed by atoms with Crippen molar-refractivity contribution in [3.63, 3.8) is 0 Å². The second-order valence-electron chi connectivity index (χ2n) is 2.94. The van der Waals surface area contributed by atoms with Gasteiger partial charge in [-0.1, -0.05) is 0 Å². The van der Waals surface area contributed by atoms with Gasteiger partial charge in [-0.25, -0.2) is 0 Å². The molecule has 0 aliphatic carbocycles. The minimum atomic E-state index is 0.866. The molecule has 2 nitrogen and oxygen atoms in total. The number of fused-ring (bicyclic) bond motifs is 1. The zero-order chi connectivity index (χ0) is 8.01. The molecule has 0 unspecified atom stereocenters. The van der Waals surface area contributed by atoms with Crippen LogP contribution in [0.15, 0.2) is 15.2 Å². The molecule has 2 rings (SSSR count). The molecular weight excluding hydrogens is 140 g/mol. The average molecular weight is 150 g/mol. The van der Waals surface area contributed by atoms with E-state index < -0.39 is 0 Å². The van der Waals surface area contributed by atoms with E-state index in [4.69, 9.17) is 9.15 Å². The van der Waals surface area contributed by atoms with E-state index >= 15 is 0 Å². The van der Waals surface area contributed by atoms with E-state index in [2.05, 4.69) is 13.8 Å². The number of rotatable bonds is 0. The van der Waals surface area contributed by atoms with Crippen molar-refractivity contribution in [1.29, 1.82) is 0 Å². The molecule has 2 aromatic rings. The Labute approximate surface area is 64.7 Å². The van der Waals surface area contributed by atoms with Crippen LogP contribution in [0.4, 0.5) is 0 Å². The fraction of sp³-hybridized carbons (Fsp3) is 0.333. The largest absolute Gasteiger partial charge is 0.286 e. The Morgan fingerprint density at radius 1 is 1.00 bits per heavy atom. The molecule has 58 valence electrons. The van der Waals surface area contributed by atoms with E-state index in [9.17, 15) is 0 Å². The monoisotopic (exact) mass is 150 g/mol. The third-order valence-electron chi connectivity index (χ3n) is 2.28. The van der Waals surface area contributed by atoms with Gasteiger partial charge in [0.15, 0.2) is 0 Å². The lowest BCUT2D eigenvalue weighted by Crippen LogP contribution is -1.89. The number of benzene rings is 1. The van der Waals surface area contributed by atoms with E-state index in [1.54, 1.807) is 0 Å². The molecule has 0 N–H and O–H groups in total. The van der Waals surface area contributed by atoms with Gasteiger partial charge in [0.05, 0.1) is 0 Å². The molecule has 0 aliphatic heterocycles. The maximum atomic E-state index is 4.84. The van der Waals surface area contributed by atoms with Crippen LogP contribution in [0.5, 0.6) is 0 Å². The second kappa shape index (κ2) is 1.91. The van der Waals surface area contributed by atoms with Gasteiger partial charge < -0.3 is 0 Å². The van der Waals surface area contributed by atoms with Crippen LogP contribution in [0.25, 0.3) is 11.2 Å². The van der Waals surface area contributed by atoms with Gasteiger partial charge in [0.2, 0.25) is 11.2 Å². The summed E-state index contributed by atoms with van der Waals surface area (Å²) in [6.07, 6.45) is 0. The van der Waals surface area contributed by atoms with Gasteiger partial charge in [0.25, 0.3) is 0 Å². The molecule has 1 aromatic carbocycles. The highest BCUT2D eigenvalue weighted by Crippen LogP contribution is 2.27. The van der Waals surface area contributed by atoms with Crippen molar-refractivity contribution in [2.45, 2.75) is 20.8 Å². The molecule has 1 heterocycles. The Morgan fingerprint density at radius 2 is 1.73 bits per heavy atom. The first-order valence-corrected chi connectivity index (χ1v) is 3.65. The Kier molecular flexibility index (Phi) is 1.13. The molecular formula is C9H10O2. The van der Waals surface area contributed by atoms with E-state index in [1.165, 1.54) is 16.7 Å². The molecule has 1 aromatic heterocycles. The van der Waals surface area contributed by atoms with E-state index in [1.807, 2.05) is 13.0 Å². The zero-order valence-corrected chi connectivity index (χ0v) is 6.89. The van der Waals surface area contributed by atoms with Crippen molar-refractivity contribution in [3.8, 4) is 0 Å². The fourth-order valence-corrected chi connectivity index (χ4v) is 1.24. The maximum Gasteiger partial charge on any atom is 0.228 e. The molecule has 0 radical (unpaired) electrons. The van der Waals surface area contributed by atoms with Crippen molar-refractivity contribution in [1.82, 2.24) is 0 Å². The molecule has 0 atom stereocenters. The lowest BCUT2D eigenvalue weighted by Gasteiger charge is -2.07. The average Bonchev–Trinajstić information content (AvgIpc) is 1.93.